The molecule has 0 spiro atoms. The molecular formula is C32H36O3. The van der Waals surface area contributed by atoms with Gasteiger partial charge in [0.15, 0.2) is 0 Å². The predicted octanol–water partition coefficient (Wildman–Crippen LogP) is 7.61. The van der Waals surface area contributed by atoms with Gasteiger partial charge in [0.1, 0.15) is 6.61 Å². The SMILES string of the molecule is C=C(C)C(=O)OCc1cc(-c2ccc(C3CCCCC3)cc2)ccc1-c1ccc(CCCO)cc1. The number of hydrogen-bond acceptors (Lipinski definition) is 3. The molecule has 0 saturated heterocycles. The minimum atomic E-state index is -0.377. The summed E-state index contributed by atoms with van der Waals surface area (Å²) < 4.78 is 5.55. The maximum absolute atomic E-state index is 12.1. The van der Waals surface area contributed by atoms with Crippen LogP contribution in [0.25, 0.3) is 22.3 Å². The predicted molar refractivity (Wildman–Crippen MR) is 143 cm³/mol. The van der Waals surface area contributed by atoms with E-state index in [1.807, 2.05) is 0 Å². The van der Waals surface area contributed by atoms with Gasteiger partial charge in [-0.25, -0.2) is 4.79 Å². The Morgan fingerprint density at radius 2 is 1.57 bits per heavy atom. The van der Waals surface area contributed by atoms with Gasteiger partial charge in [-0.2, -0.15) is 0 Å². The summed E-state index contributed by atoms with van der Waals surface area (Å²) in [5, 5.41) is 9.09. The largest absolute Gasteiger partial charge is 0.457 e. The molecule has 0 atom stereocenters. The quantitative estimate of drug-likeness (QED) is 0.260. The average molecular weight is 469 g/mol. The third-order valence-corrected chi connectivity index (χ3v) is 7.02. The van der Waals surface area contributed by atoms with E-state index < -0.39 is 0 Å². The zero-order valence-electron chi connectivity index (χ0n) is 20.8. The van der Waals surface area contributed by atoms with E-state index in [4.69, 9.17) is 9.84 Å². The molecule has 182 valence electrons. The Labute approximate surface area is 209 Å². The first-order valence-corrected chi connectivity index (χ1v) is 12.8. The van der Waals surface area contributed by atoms with Gasteiger partial charge in [-0.15, -0.1) is 0 Å². The van der Waals surface area contributed by atoms with Crippen LogP contribution < -0.4 is 0 Å². The van der Waals surface area contributed by atoms with Crippen LogP contribution in [0.4, 0.5) is 0 Å². The van der Waals surface area contributed by atoms with Gasteiger partial charge in [0.05, 0.1) is 0 Å². The van der Waals surface area contributed by atoms with Crippen LogP contribution in [0, 0.1) is 0 Å². The van der Waals surface area contributed by atoms with Gasteiger partial charge in [-0.1, -0.05) is 86.5 Å². The molecule has 3 aromatic carbocycles. The molecular weight excluding hydrogens is 432 g/mol. The van der Waals surface area contributed by atoms with E-state index in [2.05, 4.69) is 73.3 Å². The first-order chi connectivity index (χ1) is 17.0. The van der Waals surface area contributed by atoms with Gasteiger partial charge in [0.2, 0.25) is 0 Å². The number of hydrogen-bond donors (Lipinski definition) is 1. The molecule has 3 heteroatoms. The van der Waals surface area contributed by atoms with Crippen molar-refractivity contribution < 1.29 is 14.6 Å². The number of aryl methyl sites for hydroxylation is 1. The summed E-state index contributed by atoms with van der Waals surface area (Å²) in [5.74, 6) is 0.315. The summed E-state index contributed by atoms with van der Waals surface area (Å²) in [6, 6.07) is 23.8. The van der Waals surface area contributed by atoms with Crippen molar-refractivity contribution in [2.75, 3.05) is 6.61 Å². The van der Waals surface area contributed by atoms with Crippen LogP contribution in [0.5, 0.6) is 0 Å². The molecule has 0 radical (unpaired) electrons. The Morgan fingerprint density at radius 1 is 0.914 bits per heavy atom. The normalized spacial score (nSPS) is 14.0. The molecule has 1 aliphatic rings. The van der Waals surface area contributed by atoms with Crippen LogP contribution in [-0.4, -0.2) is 17.7 Å². The van der Waals surface area contributed by atoms with Gasteiger partial charge >= 0.3 is 5.97 Å². The first kappa shape index (κ1) is 24.9. The van der Waals surface area contributed by atoms with Crippen LogP contribution in [0.1, 0.15) is 68.1 Å². The second-order valence-corrected chi connectivity index (χ2v) is 9.71. The first-order valence-electron chi connectivity index (χ1n) is 12.8. The van der Waals surface area contributed by atoms with E-state index >= 15 is 0 Å². The summed E-state index contributed by atoms with van der Waals surface area (Å²) >= 11 is 0. The van der Waals surface area contributed by atoms with Crippen LogP contribution >= 0.6 is 0 Å². The summed E-state index contributed by atoms with van der Waals surface area (Å²) in [7, 11) is 0. The van der Waals surface area contributed by atoms with Gasteiger partial charge in [-0.3, -0.25) is 0 Å². The number of benzene rings is 3. The van der Waals surface area contributed by atoms with Crippen LogP contribution in [0.2, 0.25) is 0 Å². The van der Waals surface area contributed by atoms with Gasteiger partial charge in [0.25, 0.3) is 0 Å². The molecule has 1 N–H and O–H groups in total. The van der Waals surface area contributed by atoms with Crippen molar-refractivity contribution in [3.8, 4) is 22.3 Å². The number of carbonyl (C=O) groups excluding carboxylic acids is 1. The van der Waals surface area contributed by atoms with Crippen LogP contribution in [-0.2, 0) is 22.6 Å². The highest BCUT2D eigenvalue weighted by Gasteiger charge is 2.16. The fourth-order valence-electron chi connectivity index (χ4n) is 4.96. The maximum Gasteiger partial charge on any atom is 0.333 e. The number of esters is 1. The van der Waals surface area contributed by atoms with Crippen LogP contribution in [0.3, 0.4) is 0 Å². The molecule has 0 unspecified atom stereocenters. The lowest BCUT2D eigenvalue weighted by atomic mass is 9.83. The molecule has 0 amide bonds. The second kappa shape index (κ2) is 12.0. The van der Waals surface area contributed by atoms with E-state index in [1.165, 1.54) is 48.8 Å². The van der Waals surface area contributed by atoms with Crippen molar-refractivity contribution in [1.82, 2.24) is 0 Å². The standard InChI is InChI=1S/C32H36O3/c1-23(2)32(34)35-22-30-21-29(27-16-14-26(15-17-27)25-8-4-3-5-9-25)18-19-31(30)28-12-10-24(11-13-28)7-6-20-33/h10-19,21,25,33H,1,3-9,20,22H2,2H3. The van der Waals surface area contributed by atoms with Crippen molar-refractivity contribution in [2.45, 2.75) is 64.4 Å². The van der Waals surface area contributed by atoms with E-state index in [9.17, 15) is 4.79 Å². The fraction of sp³-hybridized carbons (Fsp3) is 0.344. The molecule has 0 aromatic heterocycles. The van der Waals surface area contributed by atoms with E-state index in [0.29, 0.717) is 11.5 Å². The fourth-order valence-corrected chi connectivity index (χ4v) is 4.96. The molecule has 35 heavy (non-hydrogen) atoms. The highest BCUT2D eigenvalue weighted by atomic mass is 16.5. The van der Waals surface area contributed by atoms with E-state index in [0.717, 1.165) is 35.1 Å². The summed E-state index contributed by atoms with van der Waals surface area (Å²) in [5.41, 5.74) is 8.43. The summed E-state index contributed by atoms with van der Waals surface area (Å²) in [4.78, 5) is 12.1. The highest BCUT2D eigenvalue weighted by Crippen LogP contribution is 2.35. The number of aliphatic hydroxyl groups excluding tert-OH is 1. The zero-order chi connectivity index (χ0) is 24.6. The molecule has 3 aromatic rings. The van der Waals surface area contributed by atoms with Gasteiger partial charge in [-0.05, 0) is 83.5 Å². The number of aliphatic hydroxyl groups is 1. The number of rotatable bonds is 9. The van der Waals surface area contributed by atoms with Crippen molar-refractivity contribution >= 4 is 5.97 Å². The molecule has 1 aliphatic carbocycles. The third kappa shape index (κ3) is 6.49. The highest BCUT2D eigenvalue weighted by molar-refractivity contribution is 5.87. The second-order valence-electron chi connectivity index (χ2n) is 9.71. The minimum Gasteiger partial charge on any atom is -0.457 e. The van der Waals surface area contributed by atoms with Crippen molar-refractivity contribution in [3.05, 3.63) is 95.6 Å². The lowest BCUT2D eigenvalue weighted by molar-refractivity contribution is -0.140. The Balaban J connectivity index is 1.61. The van der Waals surface area contributed by atoms with Gasteiger partial charge in [0, 0.05) is 12.2 Å². The molecule has 1 saturated carbocycles. The number of ether oxygens (including phenoxy) is 1. The average Bonchev–Trinajstić information content (AvgIpc) is 2.91. The molecule has 1 fully saturated rings. The Bertz CT molecular complexity index is 1140. The lowest BCUT2D eigenvalue weighted by Gasteiger charge is -2.22. The summed E-state index contributed by atoms with van der Waals surface area (Å²) in [6.45, 7) is 5.76. The molecule has 0 bridgehead atoms. The van der Waals surface area contributed by atoms with Crippen molar-refractivity contribution in [1.29, 1.82) is 0 Å². The molecule has 0 aliphatic heterocycles. The third-order valence-electron chi connectivity index (χ3n) is 7.02. The molecule has 4 rings (SSSR count). The van der Waals surface area contributed by atoms with Crippen LogP contribution in [0.15, 0.2) is 78.9 Å². The van der Waals surface area contributed by atoms with Crippen molar-refractivity contribution in [3.63, 3.8) is 0 Å². The van der Waals surface area contributed by atoms with Gasteiger partial charge < -0.3 is 9.84 Å². The smallest absolute Gasteiger partial charge is 0.333 e. The molecule has 3 nitrogen and oxygen atoms in total. The topological polar surface area (TPSA) is 46.5 Å². The summed E-state index contributed by atoms with van der Waals surface area (Å²) in [6.07, 6.45) is 8.25. The Morgan fingerprint density at radius 3 is 2.23 bits per heavy atom. The minimum absolute atomic E-state index is 0.196. The van der Waals surface area contributed by atoms with E-state index in [-0.39, 0.29) is 19.2 Å². The lowest BCUT2D eigenvalue weighted by Crippen LogP contribution is -2.06. The number of carbonyl (C=O) groups is 1. The van der Waals surface area contributed by atoms with Crippen molar-refractivity contribution in [2.24, 2.45) is 0 Å². The Kier molecular flexibility index (Phi) is 8.54. The van der Waals surface area contributed by atoms with E-state index in [1.54, 1.807) is 6.92 Å². The zero-order valence-corrected chi connectivity index (χ0v) is 20.8. The Hall–Kier alpha value is -3.17. The molecule has 0 heterocycles. The monoisotopic (exact) mass is 468 g/mol. The maximum atomic E-state index is 12.1.